The number of amides is 1. The number of pyridine rings is 1. The lowest BCUT2D eigenvalue weighted by molar-refractivity contribution is 0.102. The van der Waals surface area contributed by atoms with Crippen LogP contribution in [-0.2, 0) is 0 Å². The minimum absolute atomic E-state index is 0.0200. The number of nitrogens with one attached hydrogen (secondary N) is 3. The molecule has 2 aliphatic heterocycles. The molecule has 3 aromatic rings. The van der Waals surface area contributed by atoms with E-state index in [4.69, 9.17) is 39.5 Å². The molecule has 2 aliphatic rings. The van der Waals surface area contributed by atoms with Gasteiger partial charge in [-0.3, -0.25) is 9.59 Å². The normalized spacial score (nSPS) is 22.9. The number of hydrogen-bond acceptors (Lipinski definition) is 12. The van der Waals surface area contributed by atoms with Gasteiger partial charge in [-0.1, -0.05) is 11.6 Å². The molecule has 0 spiro atoms. The van der Waals surface area contributed by atoms with Crippen molar-refractivity contribution in [2.24, 2.45) is 22.9 Å². The minimum atomic E-state index is -0.573. The quantitative estimate of drug-likeness (QED) is 0.208. The maximum Gasteiger partial charge on any atom is 0.261 e. The number of benzene rings is 1. The fourth-order valence-electron chi connectivity index (χ4n) is 5.14. The zero-order valence-electron chi connectivity index (χ0n) is 22.7. The third-order valence-corrected chi connectivity index (χ3v) is 7.29. The molecule has 5 rings (SSSR count). The highest BCUT2D eigenvalue weighted by Crippen LogP contribution is 2.29. The number of anilines is 5. The second-order valence-corrected chi connectivity index (χ2v) is 11.1. The molecule has 0 saturated carbocycles. The SMILES string of the molecule is Cc1ccc(C(=O)Nc2ccc(Nc3nc(N4C[C@H](N)C[C@H](N)C4)nc(N4C[C@H](N)C[C@H](N)C4)n3)cc2Cl)c(=O)[nH]1. The van der Waals surface area contributed by atoms with Gasteiger partial charge in [-0.05, 0) is 50.1 Å². The molecule has 0 unspecified atom stereocenters. The molecular weight excluding hydrogens is 548 g/mol. The fourth-order valence-corrected chi connectivity index (χ4v) is 5.37. The van der Waals surface area contributed by atoms with Crippen molar-refractivity contribution in [3.05, 3.63) is 57.0 Å². The highest BCUT2D eigenvalue weighted by atomic mass is 35.5. The smallest absolute Gasteiger partial charge is 0.261 e. The average Bonchev–Trinajstić information content (AvgIpc) is 2.89. The Labute approximate surface area is 241 Å². The number of rotatable bonds is 6. The second-order valence-electron chi connectivity index (χ2n) is 10.7. The van der Waals surface area contributed by atoms with E-state index in [0.717, 1.165) is 12.8 Å². The van der Waals surface area contributed by atoms with Crippen LogP contribution in [-0.4, -0.2) is 76.2 Å². The summed E-state index contributed by atoms with van der Waals surface area (Å²) >= 11 is 6.50. The molecule has 15 heteroatoms. The van der Waals surface area contributed by atoms with Gasteiger partial charge in [0, 0.05) is 61.7 Å². The minimum Gasteiger partial charge on any atom is -0.338 e. The number of carbonyl (C=O) groups is 1. The molecule has 0 aliphatic carbocycles. The Balaban J connectivity index is 1.40. The van der Waals surface area contributed by atoms with Crippen LogP contribution in [0.2, 0.25) is 5.02 Å². The molecule has 11 N–H and O–H groups in total. The summed E-state index contributed by atoms with van der Waals surface area (Å²) in [5.74, 6) is 0.587. The molecule has 1 amide bonds. The molecule has 4 atom stereocenters. The van der Waals surface area contributed by atoms with Gasteiger partial charge in [0.1, 0.15) is 5.56 Å². The number of carbonyl (C=O) groups excluding carboxylic acids is 1. The lowest BCUT2D eigenvalue weighted by Crippen LogP contribution is -2.54. The van der Waals surface area contributed by atoms with Gasteiger partial charge >= 0.3 is 0 Å². The van der Waals surface area contributed by atoms with Gasteiger partial charge in [0.25, 0.3) is 11.5 Å². The van der Waals surface area contributed by atoms with Crippen molar-refractivity contribution in [1.29, 1.82) is 0 Å². The van der Waals surface area contributed by atoms with Crippen LogP contribution in [0, 0.1) is 6.92 Å². The molecule has 4 heterocycles. The van der Waals surface area contributed by atoms with Crippen molar-refractivity contribution in [3.63, 3.8) is 0 Å². The number of H-pyrrole nitrogens is 1. The molecule has 1 aromatic carbocycles. The number of halogens is 1. The van der Waals surface area contributed by atoms with Crippen LogP contribution in [0.25, 0.3) is 0 Å². The van der Waals surface area contributed by atoms with Crippen molar-refractivity contribution in [3.8, 4) is 0 Å². The maximum absolute atomic E-state index is 12.7. The summed E-state index contributed by atoms with van der Waals surface area (Å²) < 4.78 is 0. The molecular formula is C26H35ClN12O2. The van der Waals surface area contributed by atoms with Crippen LogP contribution in [0.3, 0.4) is 0 Å². The molecule has 0 bridgehead atoms. The Morgan fingerprint density at radius 1 is 0.902 bits per heavy atom. The summed E-state index contributed by atoms with van der Waals surface area (Å²) in [4.78, 5) is 45.4. The van der Waals surface area contributed by atoms with Crippen molar-refractivity contribution >= 4 is 46.7 Å². The van der Waals surface area contributed by atoms with Gasteiger partial charge < -0.3 is 48.4 Å². The van der Waals surface area contributed by atoms with Crippen LogP contribution in [0.5, 0.6) is 0 Å². The third kappa shape index (κ3) is 6.92. The highest BCUT2D eigenvalue weighted by molar-refractivity contribution is 6.34. The first-order chi connectivity index (χ1) is 19.5. The summed E-state index contributed by atoms with van der Waals surface area (Å²) in [7, 11) is 0. The first-order valence-electron chi connectivity index (χ1n) is 13.4. The van der Waals surface area contributed by atoms with Crippen molar-refractivity contribution in [2.45, 2.75) is 43.9 Å². The topological polar surface area (TPSA) is 223 Å². The number of nitrogens with zero attached hydrogens (tertiary/aromatic N) is 5. The molecule has 2 saturated heterocycles. The number of aromatic amines is 1. The van der Waals surface area contributed by atoms with Crippen molar-refractivity contribution in [1.82, 2.24) is 19.9 Å². The van der Waals surface area contributed by atoms with Crippen molar-refractivity contribution < 1.29 is 4.79 Å². The Bertz CT molecular complexity index is 1420. The van der Waals surface area contributed by atoms with E-state index in [2.05, 4.69) is 25.6 Å². The Kier molecular flexibility index (Phi) is 8.37. The lowest BCUT2D eigenvalue weighted by Gasteiger charge is -2.37. The molecule has 2 fully saturated rings. The van der Waals surface area contributed by atoms with Gasteiger partial charge in [-0.15, -0.1) is 0 Å². The Hall–Kier alpha value is -3.82. The van der Waals surface area contributed by atoms with Gasteiger partial charge in [-0.2, -0.15) is 15.0 Å². The number of piperidine rings is 2. The van der Waals surface area contributed by atoms with Crippen LogP contribution < -0.4 is 48.9 Å². The van der Waals surface area contributed by atoms with E-state index in [1.165, 1.54) is 6.07 Å². The van der Waals surface area contributed by atoms with Crippen LogP contribution in [0.4, 0.5) is 29.2 Å². The van der Waals surface area contributed by atoms with Crippen LogP contribution >= 0.6 is 11.6 Å². The van der Waals surface area contributed by atoms with Gasteiger partial charge in [-0.25, -0.2) is 0 Å². The lowest BCUT2D eigenvalue weighted by atomic mass is 10.0. The van der Waals surface area contributed by atoms with E-state index in [1.54, 1.807) is 31.2 Å². The van der Waals surface area contributed by atoms with Gasteiger partial charge in [0.15, 0.2) is 0 Å². The number of aromatic nitrogens is 4. The van der Waals surface area contributed by atoms with E-state index >= 15 is 0 Å². The summed E-state index contributed by atoms with van der Waals surface area (Å²) in [5, 5.41) is 6.11. The second kappa shape index (κ2) is 12.0. The molecule has 218 valence electrons. The average molecular weight is 583 g/mol. The monoisotopic (exact) mass is 582 g/mol. The van der Waals surface area contributed by atoms with E-state index in [0.29, 0.717) is 55.1 Å². The zero-order chi connectivity index (χ0) is 29.3. The van der Waals surface area contributed by atoms with E-state index in [1.807, 2.05) is 9.80 Å². The predicted molar refractivity (Wildman–Crippen MR) is 160 cm³/mol. The fraction of sp³-hybridized carbons (Fsp3) is 0.423. The molecule has 14 nitrogen and oxygen atoms in total. The summed E-state index contributed by atoms with van der Waals surface area (Å²) in [5.41, 5.74) is 26.0. The third-order valence-electron chi connectivity index (χ3n) is 6.98. The number of hydrogen-bond donors (Lipinski definition) is 7. The van der Waals surface area contributed by atoms with E-state index in [-0.39, 0.29) is 40.7 Å². The van der Waals surface area contributed by atoms with E-state index in [9.17, 15) is 9.59 Å². The van der Waals surface area contributed by atoms with Crippen molar-refractivity contribution in [2.75, 3.05) is 46.6 Å². The molecule has 0 radical (unpaired) electrons. The van der Waals surface area contributed by atoms with E-state index < -0.39 is 11.5 Å². The Morgan fingerprint density at radius 2 is 1.46 bits per heavy atom. The van der Waals surface area contributed by atoms with Gasteiger partial charge in [0.05, 0.1) is 10.7 Å². The zero-order valence-corrected chi connectivity index (χ0v) is 23.4. The highest BCUT2D eigenvalue weighted by Gasteiger charge is 2.29. The summed E-state index contributed by atoms with van der Waals surface area (Å²) in [6, 6.07) is 7.65. The summed E-state index contributed by atoms with van der Waals surface area (Å²) in [6.07, 6.45) is 1.43. The predicted octanol–water partition coefficient (Wildman–Crippen LogP) is 0.247. The Morgan fingerprint density at radius 3 is 1.98 bits per heavy atom. The first-order valence-corrected chi connectivity index (χ1v) is 13.8. The number of nitrogens with two attached hydrogens (primary N) is 4. The molecule has 2 aromatic heterocycles. The van der Waals surface area contributed by atoms with Crippen LogP contribution in [0.1, 0.15) is 28.9 Å². The summed E-state index contributed by atoms with van der Waals surface area (Å²) in [6.45, 7) is 3.95. The largest absolute Gasteiger partial charge is 0.338 e. The first kappa shape index (κ1) is 28.7. The molecule has 41 heavy (non-hydrogen) atoms. The number of aryl methyl sites for hydroxylation is 1. The maximum atomic E-state index is 12.7. The van der Waals surface area contributed by atoms with Gasteiger partial charge in [0.2, 0.25) is 17.8 Å². The standard InChI is InChI=1S/C26H35ClN12O2/c1-13-2-4-19(22(40)32-13)23(41)34-21-5-3-18(8-20(21)27)33-24-35-25(38-9-14(28)6-15(29)10-38)37-26(36-24)39-11-16(30)7-17(31)12-39/h2-5,8,14-17H,6-7,9-12,28-31H2,1H3,(H,32,40)(H,34,41)(H,33,35,36,37)/t14-,15+,16-,17+. The van der Waals surface area contributed by atoms with Crippen LogP contribution in [0.15, 0.2) is 35.1 Å².